The molecule has 0 aliphatic rings. The van der Waals surface area contributed by atoms with Gasteiger partial charge in [0.25, 0.3) is 0 Å². The molecule has 0 aromatic rings. The normalized spacial score (nSPS) is 13.2. The molecule has 3 nitrogen and oxygen atoms in total. The lowest BCUT2D eigenvalue weighted by Gasteiger charge is -2.18. The highest BCUT2D eigenvalue weighted by molar-refractivity contribution is 4.59. The first-order chi connectivity index (χ1) is 6.35. The summed E-state index contributed by atoms with van der Waals surface area (Å²) >= 11 is 0. The van der Waals surface area contributed by atoms with Gasteiger partial charge >= 0.3 is 0 Å². The number of rotatable bonds is 9. The molecular weight excluding hydrogens is 162 g/mol. The van der Waals surface area contributed by atoms with Crippen LogP contribution in [-0.4, -0.2) is 19.3 Å². The van der Waals surface area contributed by atoms with Crippen molar-refractivity contribution in [1.82, 2.24) is 16.2 Å². The fourth-order valence-electron chi connectivity index (χ4n) is 1.07. The minimum Gasteiger partial charge on any atom is -0.301 e. The second-order valence-electron chi connectivity index (χ2n) is 3.34. The lowest BCUT2D eigenvalue weighted by atomic mass is 10.3. The van der Waals surface area contributed by atoms with Crippen LogP contribution in [0.15, 0.2) is 0 Å². The molecular formula is C10H25N3. The lowest BCUT2D eigenvalue weighted by Crippen LogP contribution is -2.49. The molecule has 0 saturated carbocycles. The van der Waals surface area contributed by atoms with Crippen LogP contribution in [0.4, 0.5) is 0 Å². The fraction of sp³-hybridized carbons (Fsp3) is 1.00. The monoisotopic (exact) mass is 187 g/mol. The van der Waals surface area contributed by atoms with Gasteiger partial charge in [-0.05, 0) is 25.8 Å². The Kier molecular flexibility index (Phi) is 9.87. The average molecular weight is 187 g/mol. The zero-order chi connectivity index (χ0) is 9.94. The molecule has 0 saturated heterocycles. The molecule has 0 radical (unpaired) electrons. The van der Waals surface area contributed by atoms with E-state index in [4.69, 9.17) is 0 Å². The van der Waals surface area contributed by atoms with Crippen LogP contribution in [0.3, 0.4) is 0 Å². The third kappa shape index (κ3) is 8.22. The Morgan fingerprint density at radius 3 is 2.31 bits per heavy atom. The minimum atomic E-state index is 0.415. The first-order valence-electron chi connectivity index (χ1n) is 5.56. The zero-order valence-corrected chi connectivity index (χ0v) is 9.32. The predicted octanol–water partition coefficient (Wildman–Crippen LogP) is 1.62. The Morgan fingerprint density at radius 2 is 1.77 bits per heavy atom. The molecule has 80 valence electrons. The summed E-state index contributed by atoms with van der Waals surface area (Å²) in [6.45, 7) is 8.71. The second-order valence-corrected chi connectivity index (χ2v) is 3.34. The van der Waals surface area contributed by atoms with Gasteiger partial charge < -0.3 is 5.32 Å². The van der Waals surface area contributed by atoms with Crippen molar-refractivity contribution in [3.63, 3.8) is 0 Å². The summed E-state index contributed by atoms with van der Waals surface area (Å²) < 4.78 is 0. The molecule has 0 aromatic heterocycles. The Bertz CT molecular complexity index is 86.2. The van der Waals surface area contributed by atoms with Gasteiger partial charge in [0, 0.05) is 6.54 Å². The summed E-state index contributed by atoms with van der Waals surface area (Å²) in [5.74, 6) is 0. The molecule has 0 aliphatic heterocycles. The van der Waals surface area contributed by atoms with Gasteiger partial charge in [-0.2, -0.15) is 0 Å². The van der Waals surface area contributed by atoms with Crippen LogP contribution in [0.5, 0.6) is 0 Å². The molecule has 1 atom stereocenters. The van der Waals surface area contributed by atoms with Crippen molar-refractivity contribution < 1.29 is 0 Å². The van der Waals surface area contributed by atoms with E-state index in [0.29, 0.717) is 6.17 Å². The van der Waals surface area contributed by atoms with E-state index in [2.05, 4.69) is 36.9 Å². The Hall–Kier alpha value is -0.120. The first-order valence-corrected chi connectivity index (χ1v) is 5.56. The van der Waals surface area contributed by atoms with Gasteiger partial charge in [0.05, 0.1) is 6.17 Å². The SMILES string of the molecule is CCCCNC(CC)NNCCC. The van der Waals surface area contributed by atoms with Gasteiger partial charge in [0.1, 0.15) is 0 Å². The van der Waals surface area contributed by atoms with Crippen molar-refractivity contribution in [3.05, 3.63) is 0 Å². The Morgan fingerprint density at radius 1 is 1.00 bits per heavy atom. The number of hydrogen-bond donors (Lipinski definition) is 3. The molecule has 0 spiro atoms. The van der Waals surface area contributed by atoms with E-state index in [1.165, 1.54) is 19.3 Å². The van der Waals surface area contributed by atoms with Crippen LogP contribution >= 0.6 is 0 Å². The van der Waals surface area contributed by atoms with Crippen molar-refractivity contribution in [1.29, 1.82) is 0 Å². The van der Waals surface area contributed by atoms with E-state index in [1.807, 2.05) is 0 Å². The van der Waals surface area contributed by atoms with Crippen LogP contribution in [0.25, 0.3) is 0 Å². The third-order valence-electron chi connectivity index (χ3n) is 1.98. The van der Waals surface area contributed by atoms with Crippen molar-refractivity contribution in [2.45, 2.75) is 52.6 Å². The van der Waals surface area contributed by atoms with Crippen molar-refractivity contribution >= 4 is 0 Å². The predicted molar refractivity (Wildman–Crippen MR) is 58.4 cm³/mol. The van der Waals surface area contributed by atoms with Gasteiger partial charge in [0.15, 0.2) is 0 Å². The van der Waals surface area contributed by atoms with E-state index in [1.54, 1.807) is 0 Å². The maximum Gasteiger partial charge on any atom is 0.0701 e. The Balaban J connectivity index is 3.28. The summed E-state index contributed by atoms with van der Waals surface area (Å²) in [6.07, 6.45) is 5.20. The largest absolute Gasteiger partial charge is 0.301 e. The summed E-state index contributed by atoms with van der Waals surface area (Å²) in [5, 5.41) is 3.46. The number of hydrazine groups is 1. The third-order valence-corrected chi connectivity index (χ3v) is 1.98. The Labute approximate surface area is 82.6 Å². The summed E-state index contributed by atoms with van der Waals surface area (Å²) in [7, 11) is 0. The van der Waals surface area contributed by atoms with E-state index in [9.17, 15) is 0 Å². The fourth-order valence-corrected chi connectivity index (χ4v) is 1.07. The van der Waals surface area contributed by atoms with Gasteiger partial charge in [-0.25, -0.2) is 5.43 Å². The number of nitrogens with one attached hydrogen (secondary N) is 3. The van der Waals surface area contributed by atoms with Crippen LogP contribution in [0, 0.1) is 0 Å². The maximum atomic E-state index is 3.46. The van der Waals surface area contributed by atoms with E-state index < -0.39 is 0 Å². The lowest BCUT2D eigenvalue weighted by molar-refractivity contribution is 0.358. The maximum absolute atomic E-state index is 3.46. The van der Waals surface area contributed by atoms with Crippen molar-refractivity contribution in [2.24, 2.45) is 0 Å². The molecule has 3 heteroatoms. The average Bonchev–Trinajstić information content (AvgIpc) is 2.16. The topological polar surface area (TPSA) is 36.1 Å². The minimum absolute atomic E-state index is 0.415. The highest BCUT2D eigenvalue weighted by atomic mass is 15.4. The van der Waals surface area contributed by atoms with Crippen LogP contribution in [0.1, 0.15) is 46.5 Å². The molecule has 1 unspecified atom stereocenters. The van der Waals surface area contributed by atoms with Crippen LogP contribution in [0.2, 0.25) is 0 Å². The molecule has 3 N–H and O–H groups in total. The highest BCUT2D eigenvalue weighted by Gasteiger charge is 2.01. The van der Waals surface area contributed by atoms with Gasteiger partial charge in [0.2, 0.25) is 0 Å². The van der Waals surface area contributed by atoms with E-state index in [-0.39, 0.29) is 0 Å². The summed E-state index contributed by atoms with van der Waals surface area (Å²) in [5.41, 5.74) is 6.47. The van der Waals surface area contributed by atoms with Gasteiger partial charge in [-0.15, -0.1) is 0 Å². The molecule has 0 aromatic carbocycles. The second kappa shape index (κ2) is 9.96. The molecule has 0 fully saturated rings. The van der Waals surface area contributed by atoms with Crippen molar-refractivity contribution in [2.75, 3.05) is 13.1 Å². The molecule has 0 amide bonds. The smallest absolute Gasteiger partial charge is 0.0701 e. The molecule has 0 aliphatic carbocycles. The molecule has 0 heterocycles. The summed E-state index contributed by atoms with van der Waals surface area (Å²) in [4.78, 5) is 0. The molecule has 13 heavy (non-hydrogen) atoms. The van der Waals surface area contributed by atoms with Crippen LogP contribution in [-0.2, 0) is 0 Å². The van der Waals surface area contributed by atoms with Crippen molar-refractivity contribution in [3.8, 4) is 0 Å². The van der Waals surface area contributed by atoms with E-state index in [0.717, 1.165) is 19.5 Å². The summed E-state index contributed by atoms with van der Waals surface area (Å²) in [6, 6.07) is 0. The highest BCUT2D eigenvalue weighted by Crippen LogP contribution is 1.87. The first kappa shape index (κ1) is 12.9. The van der Waals surface area contributed by atoms with Gasteiger partial charge in [-0.3, -0.25) is 5.43 Å². The quantitative estimate of drug-likeness (QED) is 0.292. The molecule has 0 bridgehead atoms. The van der Waals surface area contributed by atoms with E-state index >= 15 is 0 Å². The number of hydrogen-bond acceptors (Lipinski definition) is 3. The zero-order valence-electron chi connectivity index (χ0n) is 9.32. The number of unbranched alkanes of at least 4 members (excludes halogenated alkanes) is 1. The van der Waals surface area contributed by atoms with Gasteiger partial charge in [-0.1, -0.05) is 27.2 Å². The van der Waals surface area contributed by atoms with Crippen LogP contribution < -0.4 is 16.2 Å². The molecule has 0 rings (SSSR count). The standard InChI is InChI=1S/C10H25N3/c1-4-7-9-11-10(6-3)13-12-8-5-2/h10-13H,4-9H2,1-3H3.